The van der Waals surface area contributed by atoms with Gasteiger partial charge in [0, 0.05) is 0 Å². The summed E-state index contributed by atoms with van der Waals surface area (Å²) in [5, 5.41) is 9.41. The first-order valence-corrected chi connectivity index (χ1v) is 18.4. The number of hydrogen-bond donors (Lipinski definition) is 1. The highest BCUT2D eigenvalue weighted by molar-refractivity contribution is 6.22. The number of esters is 2. The SMILES string of the molecule is CCCCCCCCCCOC(=O)/C(CCCCCCCC)=C(\C(=O)OCCCCCCCCCC)c1ccc(C(=O)O)cc1. The average molecular weight is 629 g/mol. The zero-order valence-electron chi connectivity index (χ0n) is 29.0. The fraction of sp³-hybridized carbons (Fsp3) is 0.718. The normalized spacial score (nSPS) is 11.7. The summed E-state index contributed by atoms with van der Waals surface area (Å²) >= 11 is 0. The number of ether oxygens (including phenoxy) is 2. The molecule has 1 aromatic carbocycles. The minimum absolute atomic E-state index is 0.125. The molecular formula is C39H64O6. The van der Waals surface area contributed by atoms with E-state index in [1.54, 1.807) is 12.1 Å². The molecule has 1 aromatic rings. The molecule has 0 heterocycles. The molecule has 0 radical (unpaired) electrons. The van der Waals surface area contributed by atoms with Crippen molar-refractivity contribution in [3.8, 4) is 0 Å². The molecule has 0 aliphatic carbocycles. The molecule has 1 rings (SSSR count). The standard InChI is InChI=1S/C39H64O6/c1-4-7-10-13-16-18-21-24-31-44-38(42)35(26-23-20-15-12-9-6-3)36(33-27-29-34(30-28-33)37(40)41)39(43)45-32-25-22-19-17-14-11-8-5-2/h27-30H,4-26,31-32H2,1-3H3,(H,40,41)/b36-35-. The second-order valence-corrected chi connectivity index (χ2v) is 12.5. The highest BCUT2D eigenvalue weighted by atomic mass is 16.5. The van der Waals surface area contributed by atoms with Crippen molar-refractivity contribution in [2.45, 2.75) is 168 Å². The summed E-state index contributed by atoms with van der Waals surface area (Å²) in [5.74, 6) is -2.04. The quantitative estimate of drug-likeness (QED) is 0.0539. The molecule has 0 atom stereocenters. The molecular weight excluding hydrogens is 564 g/mol. The molecule has 6 nitrogen and oxygen atoms in total. The van der Waals surface area contributed by atoms with E-state index in [0.29, 0.717) is 30.8 Å². The number of aromatic carboxylic acids is 1. The Kier molecular flexibility index (Phi) is 24.8. The molecule has 0 saturated carbocycles. The molecule has 1 N–H and O–H groups in total. The van der Waals surface area contributed by atoms with Crippen molar-refractivity contribution in [1.29, 1.82) is 0 Å². The first kappa shape index (κ1) is 40.4. The van der Waals surface area contributed by atoms with Crippen molar-refractivity contribution in [2.75, 3.05) is 13.2 Å². The third kappa shape index (κ3) is 19.5. The summed E-state index contributed by atoms with van der Waals surface area (Å²) in [7, 11) is 0. The molecule has 0 spiro atoms. The molecule has 45 heavy (non-hydrogen) atoms. The van der Waals surface area contributed by atoms with E-state index in [0.717, 1.165) is 70.6 Å². The Balaban J connectivity index is 3.00. The summed E-state index contributed by atoms with van der Waals surface area (Å²) in [5.41, 5.74) is 1.17. The number of carbonyl (C=O) groups excluding carboxylic acids is 2. The van der Waals surface area contributed by atoms with Crippen molar-refractivity contribution >= 4 is 23.5 Å². The minimum atomic E-state index is -1.04. The third-order valence-electron chi connectivity index (χ3n) is 8.42. The van der Waals surface area contributed by atoms with E-state index < -0.39 is 17.9 Å². The number of hydrogen-bond acceptors (Lipinski definition) is 5. The van der Waals surface area contributed by atoms with Crippen molar-refractivity contribution in [3.63, 3.8) is 0 Å². The molecule has 0 bridgehead atoms. The van der Waals surface area contributed by atoms with Gasteiger partial charge < -0.3 is 14.6 Å². The van der Waals surface area contributed by atoms with Crippen LogP contribution in [-0.2, 0) is 19.1 Å². The van der Waals surface area contributed by atoms with Gasteiger partial charge in [-0.05, 0) is 43.4 Å². The van der Waals surface area contributed by atoms with E-state index in [1.165, 1.54) is 82.8 Å². The zero-order valence-corrected chi connectivity index (χ0v) is 29.0. The van der Waals surface area contributed by atoms with Crippen LogP contribution in [0.15, 0.2) is 29.8 Å². The number of carbonyl (C=O) groups is 3. The molecule has 0 aliphatic rings. The van der Waals surface area contributed by atoms with Crippen LogP contribution in [0.4, 0.5) is 0 Å². The Labute approximate surface area is 274 Å². The van der Waals surface area contributed by atoms with Crippen molar-refractivity contribution in [2.24, 2.45) is 0 Å². The summed E-state index contributed by atoms with van der Waals surface area (Å²) < 4.78 is 11.5. The van der Waals surface area contributed by atoms with Gasteiger partial charge in [0.2, 0.25) is 0 Å². The van der Waals surface area contributed by atoms with Gasteiger partial charge in [-0.25, -0.2) is 14.4 Å². The maximum atomic E-state index is 13.6. The molecule has 256 valence electrons. The molecule has 0 saturated heterocycles. The van der Waals surface area contributed by atoms with Crippen LogP contribution in [0, 0.1) is 0 Å². The number of unbranched alkanes of at least 4 members (excludes halogenated alkanes) is 19. The lowest BCUT2D eigenvalue weighted by Crippen LogP contribution is -2.17. The molecule has 0 unspecified atom stereocenters. The predicted molar refractivity (Wildman–Crippen MR) is 185 cm³/mol. The van der Waals surface area contributed by atoms with Gasteiger partial charge in [-0.1, -0.05) is 155 Å². The van der Waals surface area contributed by atoms with Gasteiger partial charge >= 0.3 is 17.9 Å². The Hall–Kier alpha value is -2.63. The van der Waals surface area contributed by atoms with Crippen LogP contribution in [0.3, 0.4) is 0 Å². The summed E-state index contributed by atoms with van der Waals surface area (Å²) in [6, 6.07) is 6.14. The first-order valence-electron chi connectivity index (χ1n) is 18.4. The van der Waals surface area contributed by atoms with Gasteiger partial charge in [0.05, 0.1) is 29.9 Å². The zero-order chi connectivity index (χ0) is 33.0. The lowest BCUT2D eigenvalue weighted by Gasteiger charge is -2.16. The van der Waals surface area contributed by atoms with Gasteiger partial charge in [0.1, 0.15) is 0 Å². The van der Waals surface area contributed by atoms with Gasteiger partial charge in [-0.15, -0.1) is 0 Å². The smallest absolute Gasteiger partial charge is 0.339 e. The third-order valence-corrected chi connectivity index (χ3v) is 8.42. The van der Waals surface area contributed by atoms with Crippen LogP contribution in [0.2, 0.25) is 0 Å². The summed E-state index contributed by atoms with van der Waals surface area (Å²) in [6.45, 7) is 7.24. The van der Waals surface area contributed by atoms with Crippen LogP contribution >= 0.6 is 0 Å². The average Bonchev–Trinajstić information content (AvgIpc) is 3.04. The van der Waals surface area contributed by atoms with Crippen LogP contribution in [0.1, 0.15) is 184 Å². The fourth-order valence-corrected chi connectivity index (χ4v) is 5.57. The van der Waals surface area contributed by atoms with E-state index in [2.05, 4.69) is 20.8 Å². The Morgan fingerprint density at radius 1 is 0.489 bits per heavy atom. The highest BCUT2D eigenvalue weighted by Gasteiger charge is 2.25. The van der Waals surface area contributed by atoms with Crippen LogP contribution in [-0.4, -0.2) is 36.2 Å². The van der Waals surface area contributed by atoms with E-state index >= 15 is 0 Å². The van der Waals surface area contributed by atoms with Gasteiger partial charge in [-0.3, -0.25) is 0 Å². The Bertz CT molecular complexity index is 949. The molecule has 0 aromatic heterocycles. The maximum Gasteiger partial charge on any atom is 0.339 e. The second-order valence-electron chi connectivity index (χ2n) is 12.5. The van der Waals surface area contributed by atoms with Crippen molar-refractivity contribution in [1.82, 2.24) is 0 Å². The maximum absolute atomic E-state index is 13.6. The van der Waals surface area contributed by atoms with Crippen molar-refractivity contribution in [3.05, 3.63) is 41.0 Å². The van der Waals surface area contributed by atoms with Crippen LogP contribution in [0.25, 0.3) is 5.57 Å². The number of rotatable bonds is 29. The van der Waals surface area contributed by atoms with Gasteiger partial charge in [-0.2, -0.15) is 0 Å². The topological polar surface area (TPSA) is 89.9 Å². The Morgan fingerprint density at radius 2 is 0.844 bits per heavy atom. The summed E-state index contributed by atoms with van der Waals surface area (Å²) in [6.07, 6.45) is 25.1. The number of benzene rings is 1. The van der Waals surface area contributed by atoms with E-state index in [4.69, 9.17) is 9.47 Å². The lowest BCUT2D eigenvalue weighted by molar-refractivity contribution is -0.141. The lowest BCUT2D eigenvalue weighted by atomic mass is 9.94. The van der Waals surface area contributed by atoms with E-state index in [-0.39, 0.29) is 11.1 Å². The largest absolute Gasteiger partial charge is 0.478 e. The van der Waals surface area contributed by atoms with E-state index in [9.17, 15) is 19.5 Å². The molecule has 0 aliphatic heterocycles. The first-order chi connectivity index (χ1) is 22.0. The Morgan fingerprint density at radius 3 is 1.27 bits per heavy atom. The fourth-order valence-electron chi connectivity index (χ4n) is 5.57. The summed E-state index contributed by atoms with van der Waals surface area (Å²) in [4.78, 5) is 38.7. The second kappa shape index (κ2) is 27.7. The monoisotopic (exact) mass is 628 g/mol. The van der Waals surface area contributed by atoms with Gasteiger partial charge in [0.25, 0.3) is 0 Å². The highest BCUT2D eigenvalue weighted by Crippen LogP contribution is 2.27. The van der Waals surface area contributed by atoms with Crippen LogP contribution in [0.5, 0.6) is 0 Å². The van der Waals surface area contributed by atoms with Gasteiger partial charge in [0.15, 0.2) is 0 Å². The number of carboxylic acids is 1. The predicted octanol–water partition coefficient (Wildman–Crippen LogP) is 11.3. The van der Waals surface area contributed by atoms with Crippen LogP contribution < -0.4 is 0 Å². The minimum Gasteiger partial charge on any atom is -0.478 e. The number of carboxylic acid groups (broad SMARTS) is 1. The van der Waals surface area contributed by atoms with E-state index in [1.807, 2.05) is 0 Å². The molecule has 0 fully saturated rings. The molecule has 0 amide bonds. The van der Waals surface area contributed by atoms with Crippen molar-refractivity contribution < 1.29 is 29.0 Å². The molecule has 6 heteroatoms.